The van der Waals surface area contributed by atoms with Gasteiger partial charge in [0, 0.05) is 0 Å². The number of aromatic nitrogens is 3. The topological polar surface area (TPSA) is 39.4 Å². The van der Waals surface area contributed by atoms with Gasteiger partial charge in [-0.05, 0) is 18.2 Å². The number of alkyl halides is 1. The molecule has 0 radical (unpaired) electrons. The van der Waals surface area contributed by atoms with Crippen LogP contribution < -0.4 is 4.74 Å². The summed E-state index contributed by atoms with van der Waals surface area (Å²) in [7, 11) is 1.66. The first-order valence-electron chi connectivity index (χ1n) is 4.70. The number of hydrogen-bond acceptors (Lipinski definition) is 4. The van der Waals surface area contributed by atoms with Gasteiger partial charge in [-0.3, -0.25) is 4.40 Å². The molecule has 0 saturated heterocycles. The Morgan fingerprint density at radius 2 is 2.31 bits per heavy atom. The first-order valence-corrected chi connectivity index (χ1v) is 6.05. The van der Waals surface area contributed by atoms with Crippen LogP contribution in [0.15, 0.2) is 18.2 Å². The maximum absolute atomic E-state index is 5.82. The largest absolute Gasteiger partial charge is 0.497 e. The van der Waals surface area contributed by atoms with Gasteiger partial charge in [0.15, 0.2) is 5.82 Å². The summed E-state index contributed by atoms with van der Waals surface area (Å²) in [6, 6.07) is 5.91. The molecular formula is C10H8ClN3OS. The Bertz CT molecular complexity index is 660. The molecule has 0 amide bonds. The van der Waals surface area contributed by atoms with Crippen LogP contribution in [-0.2, 0) is 5.88 Å². The van der Waals surface area contributed by atoms with Crippen molar-refractivity contribution in [2.75, 3.05) is 7.11 Å². The fourth-order valence-corrected chi connectivity index (χ4v) is 2.87. The van der Waals surface area contributed by atoms with Gasteiger partial charge in [0.2, 0.25) is 4.96 Å². The molecule has 0 unspecified atom stereocenters. The van der Waals surface area contributed by atoms with Crippen molar-refractivity contribution in [3.05, 3.63) is 24.0 Å². The Hall–Kier alpha value is -1.33. The zero-order valence-corrected chi connectivity index (χ0v) is 10.0. The number of thiazole rings is 1. The Kier molecular flexibility index (Phi) is 2.22. The number of fused-ring (bicyclic) bond motifs is 3. The summed E-state index contributed by atoms with van der Waals surface area (Å²) in [6.45, 7) is 0. The number of ether oxygens (including phenoxy) is 1. The standard InChI is InChI=1S/C10H8ClN3OS/c1-15-6-2-3-7-8(4-6)16-10-13-12-9(5-11)14(7)10/h2-4H,5H2,1H3. The van der Waals surface area contributed by atoms with Gasteiger partial charge in [-0.1, -0.05) is 11.3 Å². The van der Waals surface area contributed by atoms with Crippen molar-refractivity contribution in [3.8, 4) is 5.75 Å². The number of nitrogens with zero attached hydrogens (tertiary/aromatic N) is 3. The molecule has 0 spiro atoms. The monoisotopic (exact) mass is 253 g/mol. The molecule has 0 aliphatic heterocycles. The third-order valence-corrected chi connectivity index (χ3v) is 3.66. The predicted octanol–water partition coefficient (Wildman–Crippen LogP) is 2.69. The van der Waals surface area contributed by atoms with E-state index in [-0.39, 0.29) is 0 Å². The fourth-order valence-electron chi connectivity index (χ4n) is 1.68. The lowest BCUT2D eigenvalue weighted by molar-refractivity contribution is 0.415. The molecule has 3 rings (SSSR count). The van der Waals surface area contributed by atoms with E-state index in [1.54, 1.807) is 18.4 Å². The van der Waals surface area contributed by atoms with E-state index in [2.05, 4.69) is 10.2 Å². The van der Waals surface area contributed by atoms with Crippen molar-refractivity contribution in [1.29, 1.82) is 0 Å². The highest BCUT2D eigenvalue weighted by atomic mass is 35.5. The first kappa shape index (κ1) is 9.86. The third-order valence-electron chi connectivity index (χ3n) is 2.43. The summed E-state index contributed by atoms with van der Waals surface area (Å²) in [5.74, 6) is 1.98. The van der Waals surface area contributed by atoms with Crippen LogP contribution in [0, 0.1) is 0 Å². The molecule has 0 atom stereocenters. The number of benzene rings is 1. The first-order chi connectivity index (χ1) is 7.83. The summed E-state index contributed by atoms with van der Waals surface area (Å²) in [5.41, 5.74) is 1.07. The number of rotatable bonds is 2. The smallest absolute Gasteiger partial charge is 0.217 e. The minimum absolute atomic E-state index is 0.360. The van der Waals surface area contributed by atoms with Gasteiger partial charge in [-0.2, -0.15) is 0 Å². The van der Waals surface area contributed by atoms with E-state index in [0.29, 0.717) is 5.88 Å². The zero-order valence-electron chi connectivity index (χ0n) is 8.48. The van der Waals surface area contributed by atoms with Gasteiger partial charge in [0.25, 0.3) is 0 Å². The van der Waals surface area contributed by atoms with Gasteiger partial charge >= 0.3 is 0 Å². The Balaban J connectivity index is 2.38. The molecule has 3 aromatic rings. The highest BCUT2D eigenvalue weighted by molar-refractivity contribution is 7.23. The van der Waals surface area contributed by atoms with Crippen LogP contribution in [-0.4, -0.2) is 21.7 Å². The van der Waals surface area contributed by atoms with E-state index in [4.69, 9.17) is 16.3 Å². The maximum atomic E-state index is 5.82. The SMILES string of the molecule is COc1ccc2c(c1)sc1nnc(CCl)n12. The van der Waals surface area contributed by atoms with E-state index in [1.165, 1.54) is 0 Å². The minimum atomic E-state index is 0.360. The molecule has 0 N–H and O–H groups in total. The van der Waals surface area contributed by atoms with Gasteiger partial charge in [0.05, 0.1) is 23.2 Å². The quantitative estimate of drug-likeness (QED) is 0.659. The third kappa shape index (κ3) is 1.28. The summed E-state index contributed by atoms with van der Waals surface area (Å²) in [5, 5.41) is 8.12. The highest BCUT2D eigenvalue weighted by Gasteiger charge is 2.11. The maximum Gasteiger partial charge on any atom is 0.217 e. The Morgan fingerprint density at radius 1 is 1.44 bits per heavy atom. The van der Waals surface area contributed by atoms with Crippen molar-refractivity contribution < 1.29 is 4.74 Å². The second kappa shape index (κ2) is 3.61. The molecular weight excluding hydrogens is 246 g/mol. The van der Waals surface area contributed by atoms with Crippen molar-refractivity contribution >= 4 is 38.1 Å². The van der Waals surface area contributed by atoms with E-state index >= 15 is 0 Å². The highest BCUT2D eigenvalue weighted by Crippen LogP contribution is 2.29. The summed E-state index contributed by atoms with van der Waals surface area (Å²) in [4.78, 5) is 0.860. The lowest BCUT2D eigenvalue weighted by Gasteiger charge is -1.98. The second-order valence-corrected chi connectivity index (χ2v) is 4.58. The van der Waals surface area contributed by atoms with Gasteiger partial charge in [-0.25, -0.2) is 0 Å². The van der Waals surface area contributed by atoms with E-state index in [0.717, 1.165) is 26.8 Å². The van der Waals surface area contributed by atoms with E-state index in [9.17, 15) is 0 Å². The van der Waals surface area contributed by atoms with Crippen molar-refractivity contribution in [2.45, 2.75) is 5.88 Å². The second-order valence-electron chi connectivity index (χ2n) is 3.30. The molecule has 2 heterocycles. The summed E-state index contributed by atoms with van der Waals surface area (Å²) < 4.78 is 8.29. The van der Waals surface area contributed by atoms with Gasteiger partial charge in [-0.15, -0.1) is 21.8 Å². The van der Waals surface area contributed by atoms with Crippen molar-refractivity contribution in [2.24, 2.45) is 0 Å². The summed E-state index contributed by atoms with van der Waals surface area (Å²) in [6.07, 6.45) is 0. The average molecular weight is 254 g/mol. The van der Waals surface area contributed by atoms with Crippen molar-refractivity contribution in [3.63, 3.8) is 0 Å². The lowest BCUT2D eigenvalue weighted by atomic mass is 10.3. The molecule has 1 aromatic carbocycles. The fraction of sp³-hybridized carbons (Fsp3) is 0.200. The molecule has 0 fully saturated rings. The van der Waals surface area contributed by atoms with Crippen LogP contribution >= 0.6 is 22.9 Å². The number of hydrogen-bond donors (Lipinski definition) is 0. The molecule has 0 saturated carbocycles. The zero-order chi connectivity index (χ0) is 11.1. The van der Waals surface area contributed by atoms with Crippen LogP contribution in [0.3, 0.4) is 0 Å². The van der Waals surface area contributed by atoms with E-state index < -0.39 is 0 Å². The van der Waals surface area contributed by atoms with Gasteiger partial charge < -0.3 is 4.74 Å². The Morgan fingerprint density at radius 3 is 3.06 bits per heavy atom. The van der Waals surface area contributed by atoms with Crippen LogP contribution in [0.2, 0.25) is 0 Å². The van der Waals surface area contributed by atoms with Crippen LogP contribution in [0.4, 0.5) is 0 Å². The molecule has 82 valence electrons. The number of methoxy groups -OCH3 is 1. The average Bonchev–Trinajstić information content (AvgIpc) is 2.85. The molecule has 0 bridgehead atoms. The van der Waals surface area contributed by atoms with E-state index in [1.807, 2.05) is 22.6 Å². The normalized spacial score (nSPS) is 11.4. The molecule has 0 aliphatic carbocycles. The molecule has 4 nitrogen and oxygen atoms in total. The van der Waals surface area contributed by atoms with Crippen molar-refractivity contribution in [1.82, 2.24) is 14.6 Å². The lowest BCUT2D eigenvalue weighted by Crippen LogP contribution is -1.89. The minimum Gasteiger partial charge on any atom is -0.497 e. The molecule has 2 aromatic heterocycles. The summed E-state index contributed by atoms with van der Waals surface area (Å²) >= 11 is 7.40. The Labute approximate surface area is 100 Å². The van der Waals surface area contributed by atoms with Gasteiger partial charge in [0.1, 0.15) is 5.75 Å². The number of halogens is 1. The van der Waals surface area contributed by atoms with Crippen LogP contribution in [0.1, 0.15) is 5.82 Å². The molecule has 0 aliphatic rings. The molecule has 16 heavy (non-hydrogen) atoms. The predicted molar refractivity (Wildman–Crippen MR) is 64.5 cm³/mol. The van der Waals surface area contributed by atoms with Crippen LogP contribution in [0.25, 0.3) is 15.2 Å². The molecule has 6 heteroatoms. The van der Waals surface area contributed by atoms with Crippen LogP contribution in [0.5, 0.6) is 5.75 Å².